The molecule has 0 aliphatic carbocycles. The fraction of sp³-hybridized carbons (Fsp3) is 0.300. The summed E-state index contributed by atoms with van der Waals surface area (Å²) in [6.07, 6.45) is 6.82. The Kier molecular flexibility index (Phi) is 6.27. The lowest BCUT2D eigenvalue weighted by Crippen LogP contribution is -2.04. The van der Waals surface area contributed by atoms with Crippen LogP contribution in [0.5, 0.6) is 11.6 Å². The Morgan fingerprint density at radius 1 is 0.926 bits per heavy atom. The van der Waals surface area contributed by atoms with Gasteiger partial charge in [-0.3, -0.25) is 0 Å². The molecule has 3 aromatic rings. The third-order valence-corrected chi connectivity index (χ3v) is 4.12. The molecule has 2 aromatic heterocycles. The number of hydrogen-bond acceptors (Lipinski definition) is 7. The van der Waals surface area contributed by atoms with E-state index in [9.17, 15) is 0 Å². The molecule has 0 radical (unpaired) electrons. The molecule has 0 amide bonds. The van der Waals surface area contributed by atoms with Gasteiger partial charge in [-0.15, -0.1) is 0 Å². The highest BCUT2D eigenvalue weighted by atomic mass is 16.5. The Labute approximate surface area is 158 Å². The number of nitrogens with two attached hydrogens (primary N) is 2. The summed E-state index contributed by atoms with van der Waals surface area (Å²) in [5, 5.41) is 0. The maximum absolute atomic E-state index is 5.84. The first-order valence-electron chi connectivity index (χ1n) is 9.06. The van der Waals surface area contributed by atoms with Gasteiger partial charge in [-0.1, -0.05) is 19.1 Å². The largest absolute Gasteiger partial charge is 0.439 e. The molecule has 0 aliphatic rings. The highest BCUT2D eigenvalue weighted by Gasteiger charge is 2.07. The maximum Gasteiger partial charge on any atom is 0.224 e. The van der Waals surface area contributed by atoms with Gasteiger partial charge in [0.05, 0.1) is 5.69 Å². The van der Waals surface area contributed by atoms with Gasteiger partial charge in [-0.25, -0.2) is 15.0 Å². The van der Waals surface area contributed by atoms with Crippen molar-refractivity contribution in [3.8, 4) is 11.6 Å². The van der Waals surface area contributed by atoms with Crippen LogP contribution in [0.15, 0.2) is 42.7 Å². The molecular weight excluding hydrogens is 340 g/mol. The van der Waals surface area contributed by atoms with Crippen LogP contribution in [0, 0.1) is 0 Å². The van der Waals surface area contributed by atoms with E-state index in [0.717, 1.165) is 29.9 Å². The zero-order chi connectivity index (χ0) is 19.1. The van der Waals surface area contributed by atoms with Crippen LogP contribution in [0.4, 0.5) is 5.95 Å². The Hall–Kier alpha value is -3.06. The number of aromatic nitrogens is 4. The van der Waals surface area contributed by atoms with Gasteiger partial charge >= 0.3 is 0 Å². The number of hydrogen-bond donors (Lipinski definition) is 2. The van der Waals surface area contributed by atoms with E-state index in [0.29, 0.717) is 31.0 Å². The van der Waals surface area contributed by atoms with E-state index in [1.165, 1.54) is 5.56 Å². The van der Waals surface area contributed by atoms with Crippen LogP contribution in [0.2, 0.25) is 0 Å². The van der Waals surface area contributed by atoms with Crippen molar-refractivity contribution in [2.24, 2.45) is 5.73 Å². The van der Waals surface area contributed by atoms with Gasteiger partial charge in [-0.2, -0.15) is 4.98 Å². The molecule has 1 aromatic carbocycles. The van der Waals surface area contributed by atoms with Crippen molar-refractivity contribution in [2.45, 2.75) is 32.6 Å². The third kappa shape index (κ3) is 5.46. The van der Waals surface area contributed by atoms with Gasteiger partial charge in [0.2, 0.25) is 11.8 Å². The molecule has 0 saturated heterocycles. The third-order valence-electron chi connectivity index (χ3n) is 4.12. The summed E-state index contributed by atoms with van der Waals surface area (Å²) in [6, 6.07) is 9.57. The number of ether oxygens (including phenoxy) is 1. The van der Waals surface area contributed by atoms with Crippen LogP contribution in [-0.2, 0) is 25.7 Å². The minimum atomic E-state index is 0.185. The first kappa shape index (κ1) is 18.7. The van der Waals surface area contributed by atoms with Crippen molar-refractivity contribution < 1.29 is 4.74 Å². The zero-order valence-electron chi connectivity index (χ0n) is 15.4. The predicted molar refractivity (Wildman–Crippen MR) is 105 cm³/mol. The summed E-state index contributed by atoms with van der Waals surface area (Å²) >= 11 is 0. The minimum Gasteiger partial charge on any atom is -0.439 e. The molecule has 7 heteroatoms. The molecule has 0 spiro atoms. The van der Waals surface area contributed by atoms with Crippen LogP contribution in [0.3, 0.4) is 0 Å². The Morgan fingerprint density at radius 3 is 2.33 bits per heavy atom. The van der Waals surface area contributed by atoms with Gasteiger partial charge in [0.25, 0.3) is 0 Å². The highest BCUT2D eigenvalue weighted by Crippen LogP contribution is 2.21. The summed E-state index contributed by atoms with van der Waals surface area (Å²) in [6.45, 7) is 2.70. The molecular formula is C20H24N6O. The van der Waals surface area contributed by atoms with E-state index in [1.54, 1.807) is 6.07 Å². The van der Waals surface area contributed by atoms with Crippen molar-refractivity contribution in [1.82, 2.24) is 19.9 Å². The molecule has 0 saturated carbocycles. The van der Waals surface area contributed by atoms with Gasteiger partial charge < -0.3 is 16.2 Å². The van der Waals surface area contributed by atoms with Gasteiger partial charge in [0.1, 0.15) is 11.6 Å². The maximum atomic E-state index is 5.84. The van der Waals surface area contributed by atoms with Crippen molar-refractivity contribution in [3.63, 3.8) is 0 Å². The summed E-state index contributed by atoms with van der Waals surface area (Å²) in [5.41, 5.74) is 14.5. The lowest BCUT2D eigenvalue weighted by atomic mass is 10.1. The zero-order valence-corrected chi connectivity index (χ0v) is 15.4. The number of benzene rings is 1. The second-order valence-corrected chi connectivity index (χ2v) is 6.20. The van der Waals surface area contributed by atoms with Gasteiger partial charge in [-0.05, 0) is 49.1 Å². The molecule has 3 rings (SSSR count). The van der Waals surface area contributed by atoms with Crippen molar-refractivity contribution in [2.75, 3.05) is 12.3 Å². The van der Waals surface area contributed by atoms with Gasteiger partial charge in [0, 0.05) is 24.9 Å². The van der Waals surface area contributed by atoms with E-state index < -0.39 is 0 Å². The normalized spacial score (nSPS) is 10.7. The molecule has 0 atom stereocenters. The average Bonchev–Trinajstić information content (AvgIpc) is 2.68. The summed E-state index contributed by atoms with van der Waals surface area (Å²) < 4.78 is 5.82. The number of rotatable bonds is 8. The quantitative estimate of drug-likeness (QED) is 0.631. The lowest BCUT2D eigenvalue weighted by Gasteiger charge is -2.08. The Bertz CT molecular complexity index is 865. The predicted octanol–water partition coefficient (Wildman–Crippen LogP) is 2.49. The van der Waals surface area contributed by atoms with E-state index in [2.05, 4.69) is 26.9 Å². The molecule has 0 bridgehead atoms. The van der Waals surface area contributed by atoms with Crippen LogP contribution in [0.25, 0.3) is 0 Å². The standard InChI is InChI=1S/C20H24N6O/c1-2-14-12-23-18(24-13-14)8-5-16-11-19(26-20(22)25-16)27-17-6-3-15(4-7-17)9-10-21/h3-4,6-7,11-13H,2,5,8-10,21H2,1H3,(H2,22,25,26). The number of aryl methyl sites for hydroxylation is 3. The van der Waals surface area contributed by atoms with Crippen LogP contribution in [-0.4, -0.2) is 26.5 Å². The van der Waals surface area contributed by atoms with Crippen molar-refractivity contribution >= 4 is 5.95 Å². The first-order chi connectivity index (χ1) is 13.2. The first-order valence-corrected chi connectivity index (χ1v) is 9.06. The molecule has 0 unspecified atom stereocenters. The van der Waals surface area contributed by atoms with E-state index in [1.807, 2.05) is 36.7 Å². The molecule has 27 heavy (non-hydrogen) atoms. The van der Waals surface area contributed by atoms with Crippen LogP contribution < -0.4 is 16.2 Å². The topological polar surface area (TPSA) is 113 Å². The summed E-state index contributed by atoms with van der Waals surface area (Å²) in [7, 11) is 0. The molecule has 0 fully saturated rings. The molecule has 140 valence electrons. The summed E-state index contributed by atoms with van der Waals surface area (Å²) in [4.78, 5) is 17.2. The Morgan fingerprint density at radius 2 is 1.67 bits per heavy atom. The van der Waals surface area contributed by atoms with Crippen LogP contribution >= 0.6 is 0 Å². The van der Waals surface area contributed by atoms with Crippen molar-refractivity contribution in [1.29, 1.82) is 0 Å². The smallest absolute Gasteiger partial charge is 0.224 e. The molecule has 2 heterocycles. The Balaban J connectivity index is 1.66. The van der Waals surface area contributed by atoms with Crippen molar-refractivity contribution in [3.05, 3.63) is 65.4 Å². The van der Waals surface area contributed by atoms with Crippen LogP contribution in [0.1, 0.15) is 29.6 Å². The van der Waals surface area contributed by atoms with E-state index in [-0.39, 0.29) is 5.95 Å². The number of nitrogens with zero attached hydrogens (tertiary/aromatic N) is 4. The fourth-order valence-corrected chi connectivity index (χ4v) is 2.62. The van der Waals surface area contributed by atoms with E-state index in [4.69, 9.17) is 16.2 Å². The minimum absolute atomic E-state index is 0.185. The molecule has 7 nitrogen and oxygen atoms in total. The number of nitrogen functional groups attached to an aromatic ring is 1. The second kappa shape index (κ2) is 9.05. The van der Waals surface area contributed by atoms with E-state index >= 15 is 0 Å². The SMILES string of the molecule is CCc1cnc(CCc2cc(Oc3ccc(CCN)cc3)nc(N)n2)nc1. The second-order valence-electron chi connectivity index (χ2n) is 6.20. The monoisotopic (exact) mass is 364 g/mol. The summed E-state index contributed by atoms with van der Waals surface area (Å²) in [5.74, 6) is 2.08. The average molecular weight is 364 g/mol. The van der Waals surface area contributed by atoms with Gasteiger partial charge in [0.15, 0.2) is 0 Å². The molecule has 4 N–H and O–H groups in total. The fourth-order valence-electron chi connectivity index (χ4n) is 2.62. The lowest BCUT2D eigenvalue weighted by molar-refractivity contribution is 0.461. The number of anilines is 1. The highest BCUT2D eigenvalue weighted by molar-refractivity contribution is 5.33. The molecule has 0 aliphatic heterocycles.